The monoisotopic (exact) mass is 430 g/mol. The van der Waals surface area contributed by atoms with Crippen LogP contribution in [0.2, 0.25) is 0 Å². The fourth-order valence-electron chi connectivity index (χ4n) is 3.47. The van der Waals surface area contributed by atoms with Crippen LogP contribution in [0.1, 0.15) is 115 Å². The highest BCUT2D eigenvalue weighted by Gasteiger charge is 2.25. The Morgan fingerprint density at radius 2 is 1.10 bits per heavy atom. The van der Waals surface area contributed by atoms with Gasteiger partial charge >= 0.3 is 7.60 Å². The van der Waals surface area contributed by atoms with Crippen molar-refractivity contribution < 1.29 is 18.0 Å². The zero-order valence-corrected chi connectivity index (χ0v) is 19.9. The minimum absolute atomic E-state index is 0.0197. The van der Waals surface area contributed by atoms with Crippen LogP contribution >= 0.6 is 7.60 Å². The van der Waals surface area contributed by atoms with Gasteiger partial charge in [0, 0.05) is 20.6 Å². The summed E-state index contributed by atoms with van der Waals surface area (Å²) in [6.07, 6.45) is 21.0. The lowest BCUT2D eigenvalue weighted by atomic mass is 10.0. The molecule has 1 aromatic heterocycles. The van der Waals surface area contributed by atoms with Crippen molar-refractivity contribution >= 4 is 7.60 Å². The lowest BCUT2D eigenvalue weighted by molar-refractivity contribution is 0.271. The molecule has 0 atom stereocenters. The fourth-order valence-corrected chi connectivity index (χ4v) is 4.34. The number of nitrogens with zero attached hydrogens (tertiary/aromatic N) is 2. The molecular weight excluding hydrogens is 387 g/mol. The average molecular weight is 431 g/mol. The Labute approximate surface area is 178 Å². The van der Waals surface area contributed by atoms with Crippen molar-refractivity contribution in [1.82, 2.24) is 10.2 Å². The van der Waals surface area contributed by atoms with E-state index in [1.807, 2.05) is 0 Å². The molecule has 0 radical (unpaired) electrons. The number of hydrogen-bond acceptors (Lipinski definition) is 6. The van der Waals surface area contributed by atoms with E-state index in [-0.39, 0.29) is 6.16 Å². The summed E-state index contributed by atoms with van der Waals surface area (Å²) in [7, 11) is -0.432. The summed E-state index contributed by atoms with van der Waals surface area (Å²) < 4.78 is 27.4. The van der Waals surface area contributed by atoms with Crippen molar-refractivity contribution in [3.8, 4) is 0 Å². The molecule has 0 N–H and O–H groups in total. The van der Waals surface area contributed by atoms with Gasteiger partial charge in [0.15, 0.2) is 0 Å². The van der Waals surface area contributed by atoms with Crippen molar-refractivity contribution in [2.45, 2.75) is 116 Å². The molecule has 1 heterocycles. The first-order valence-corrected chi connectivity index (χ1v) is 13.4. The minimum atomic E-state index is -3.15. The molecule has 0 saturated carbocycles. The topological polar surface area (TPSA) is 74.5 Å². The van der Waals surface area contributed by atoms with E-state index >= 15 is 0 Å². The Kier molecular flexibility index (Phi) is 15.5. The summed E-state index contributed by atoms with van der Waals surface area (Å²) in [4.78, 5) is 0. The molecule has 0 aliphatic heterocycles. The van der Waals surface area contributed by atoms with E-state index in [4.69, 9.17) is 13.5 Å². The summed E-state index contributed by atoms with van der Waals surface area (Å²) in [6.45, 7) is 2.27. The van der Waals surface area contributed by atoms with Crippen LogP contribution in [0.4, 0.5) is 0 Å². The number of rotatable bonds is 20. The van der Waals surface area contributed by atoms with Gasteiger partial charge in [0.05, 0.1) is 0 Å². The standard InChI is InChI=1S/C22H43N2O4P/c1-4-5-6-7-8-9-10-11-12-13-14-15-16-17-18-19-21-23-24-22(28-21)20-29(25,26-2)27-3/h4-20H2,1-3H3. The van der Waals surface area contributed by atoms with Gasteiger partial charge in [0.25, 0.3) is 0 Å². The van der Waals surface area contributed by atoms with Crippen LogP contribution in [0.3, 0.4) is 0 Å². The predicted octanol–water partition coefficient (Wildman–Crippen LogP) is 7.47. The summed E-state index contributed by atoms with van der Waals surface area (Å²) >= 11 is 0. The molecule has 0 bridgehead atoms. The van der Waals surface area contributed by atoms with E-state index < -0.39 is 7.60 Å². The highest BCUT2D eigenvalue weighted by atomic mass is 31.2. The molecule has 0 spiro atoms. The van der Waals surface area contributed by atoms with Crippen LogP contribution in [0.5, 0.6) is 0 Å². The van der Waals surface area contributed by atoms with Crippen molar-refractivity contribution in [2.75, 3.05) is 14.2 Å². The van der Waals surface area contributed by atoms with Gasteiger partial charge in [-0.2, -0.15) is 0 Å². The second kappa shape index (κ2) is 17.0. The summed E-state index contributed by atoms with van der Waals surface area (Å²) in [5.74, 6) is 0.918. The zero-order valence-electron chi connectivity index (χ0n) is 19.0. The molecule has 1 rings (SSSR count). The number of aromatic nitrogens is 2. The Bertz CT molecular complexity index is 543. The predicted molar refractivity (Wildman–Crippen MR) is 118 cm³/mol. The molecule has 0 aliphatic carbocycles. The average Bonchev–Trinajstić information content (AvgIpc) is 3.17. The molecule has 0 aromatic carbocycles. The lowest BCUT2D eigenvalue weighted by Gasteiger charge is -2.10. The van der Waals surface area contributed by atoms with Gasteiger partial charge in [0.2, 0.25) is 11.8 Å². The smallest absolute Gasteiger partial charge is 0.339 e. The van der Waals surface area contributed by atoms with E-state index in [0.29, 0.717) is 11.8 Å². The molecule has 0 saturated heterocycles. The first kappa shape index (κ1) is 26.3. The maximum absolute atomic E-state index is 12.1. The van der Waals surface area contributed by atoms with Crippen LogP contribution in [0.15, 0.2) is 4.42 Å². The lowest BCUT2D eigenvalue weighted by Crippen LogP contribution is -1.93. The molecule has 1 aromatic rings. The third kappa shape index (κ3) is 13.3. The number of unbranched alkanes of at least 4 members (excludes halogenated alkanes) is 14. The Morgan fingerprint density at radius 3 is 1.55 bits per heavy atom. The quantitative estimate of drug-likeness (QED) is 0.158. The maximum Gasteiger partial charge on any atom is 0.339 e. The molecule has 0 fully saturated rings. The summed E-state index contributed by atoms with van der Waals surface area (Å²) in [6, 6.07) is 0. The molecule has 0 amide bonds. The second-order valence-electron chi connectivity index (χ2n) is 7.92. The molecule has 0 unspecified atom stereocenters. The summed E-state index contributed by atoms with van der Waals surface area (Å²) in [5.41, 5.74) is 0. The Hall–Kier alpha value is -0.710. The second-order valence-corrected chi connectivity index (χ2v) is 10.2. The fraction of sp³-hybridized carbons (Fsp3) is 0.909. The highest BCUT2D eigenvalue weighted by molar-refractivity contribution is 7.52. The van der Waals surface area contributed by atoms with E-state index in [9.17, 15) is 4.57 Å². The first-order valence-electron chi connectivity index (χ1n) is 11.7. The molecule has 0 aliphatic rings. The van der Waals surface area contributed by atoms with Crippen LogP contribution in [0.25, 0.3) is 0 Å². The molecule has 7 heteroatoms. The molecule has 170 valence electrons. The highest BCUT2D eigenvalue weighted by Crippen LogP contribution is 2.49. The van der Waals surface area contributed by atoms with Crippen molar-refractivity contribution in [1.29, 1.82) is 0 Å². The van der Waals surface area contributed by atoms with Crippen molar-refractivity contribution in [3.05, 3.63) is 11.8 Å². The van der Waals surface area contributed by atoms with Crippen LogP contribution < -0.4 is 0 Å². The van der Waals surface area contributed by atoms with E-state index in [0.717, 1.165) is 12.8 Å². The molecule has 29 heavy (non-hydrogen) atoms. The van der Waals surface area contributed by atoms with Gasteiger partial charge in [-0.3, -0.25) is 4.57 Å². The summed E-state index contributed by atoms with van der Waals surface area (Å²) in [5, 5.41) is 7.96. The first-order chi connectivity index (χ1) is 14.1. The van der Waals surface area contributed by atoms with E-state index in [2.05, 4.69) is 17.1 Å². The van der Waals surface area contributed by atoms with Gasteiger partial charge < -0.3 is 13.5 Å². The zero-order chi connectivity index (χ0) is 21.2. The third-order valence-corrected chi connectivity index (χ3v) is 7.16. The largest absolute Gasteiger partial charge is 0.425 e. The normalized spacial score (nSPS) is 12.0. The Morgan fingerprint density at radius 1 is 0.690 bits per heavy atom. The van der Waals surface area contributed by atoms with Gasteiger partial charge in [-0.05, 0) is 6.42 Å². The van der Waals surface area contributed by atoms with Gasteiger partial charge in [-0.1, -0.05) is 96.8 Å². The van der Waals surface area contributed by atoms with E-state index in [1.54, 1.807) is 0 Å². The Balaban J connectivity index is 1.92. The van der Waals surface area contributed by atoms with Gasteiger partial charge in [0.1, 0.15) is 6.16 Å². The number of hydrogen-bond donors (Lipinski definition) is 0. The SMILES string of the molecule is CCCCCCCCCCCCCCCCCc1nnc(CP(=O)(OC)OC)o1. The number of aryl methyl sites for hydroxylation is 1. The van der Waals surface area contributed by atoms with Gasteiger partial charge in [-0.25, -0.2) is 0 Å². The van der Waals surface area contributed by atoms with Crippen LogP contribution in [-0.4, -0.2) is 24.4 Å². The molecular formula is C22H43N2O4P. The van der Waals surface area contributed by atoms with Crippen molar-refractivity contribution in [2.24, 2.45) is 0 Å². The van der Waals surface area contributed by atoms with Crippen LogP contribution in [0, 0.1) is 0 Å². The minimum Gasteiger partial charge on any atom is -0.425 e. The van der Waals surface area contributed by atoms with Crippen LogP contribution in [-0.2, 0) is 26.2 Å². The van der Waals surface area contributed by atoms with Gasteiger partial charge in [-0.15, -0.1) is 10.2 Å². The van der Waals surface area contributed by atoms with E-state index in [1.165, 1.54) is 104 Å². The maximum atomic E-state index is 12.1. The molecule has 6 nitrogen and oxygen atoms in total. The van der Waals surface area contributed by atoms with Crippen molar-refractivity contribution in [3.63, 3.8) is 0 Å². The third-order valence-electron chi connectivity index (χ3n) is 5.39.